The van der Waals surface area contributed by atoms with E-state index in [-0.39, 0.29) is 5.91 Å². The highest BCUT2D eigenvalue weighted by Crippen LogP contribution is 2.16. The lowest BCUT2D eigenvalue weighted by molar-refractivity contribution is -0.129. The predicted molar refractivity (Wildman–Crippen MR) is 89.2 cm³/mol. The molecule has 0 atom stereocenters. The normalized spacial score (nSPS) is 10.3. The molecule has 2 aromatic carbocycles. The van der Waals surface area contributed by atoms with Crippen LogP contribution in [0.5, 0.6) is 5.75 Å². The Balaban J connectivity index is 1.82. The molecule has 0 bridgehead atoms. The van der Waals surface area contributed by atoms with Gasteiger partial charge in [0, 0.05) is 7.05 Å². The Bertz CT molecular complexity index is 637. The fourth-order valence-corrected chi connectivity index (χ4v) is 2.24. The molecule has 116 valence electrons. The van der Waals surface area contributed by atoms with E-state index in [1.807, 2.05) is 69.4 Å². The van der Waals surface area contributed by atoms with E-state index in [1.165, 1.54) is 0 Å². The number of benzene rings is 2. The minimum absolute atomic E-state index is 0.114. The van der Waals surface area contributed by atoms with Crippen LogP contribution in [0.4, 0.5) is 0 Å². The number of para-hydroxylation sites is 1. The van der Waals surface area contributed by atoms with Crippen LogP contribution < -0.4 is 4.74 Å². The summed E-state index contributed by atoms with van der Waals surface area (Å²) in [6.07, 6.45) is 0.438. The average molecular weight is 297 g/mol. The van der Waals surface area contributed by atoms with Crippen LogP contribution in [-0.2, 0) is 11.2 Å². The van der Waals surface area contributed by atoms with Gasteiger partial charge in [-0.2, -0.15) is 0 Å². The fourth-order valence-electron chi connectivity index (χ4n) is 2.24. The summed E-state index contributed by atoms with van der Waals surface area (Å²) in [5.41, 5.74) is 3.34. The number of likely N-dealkylation sites (N-methyl/N-ethyl adjacent to an activating group) is 1. The number of carbonyl (C=O) groups is 1. The second-order valence-electron chi connectivity index (χ2n) is 5.53. The van der Waals surface area contributed by atoms with E-state index >= 15 is 0 Å². The molecule has 0 unspecified atom stereocenters. The van der Waals surface area contributed by atoms with Crippen molar-refractivity contribution >= 4 is 5.91 Å². The van der Waals surface area contributed by atoms with Gasteiger partial charge in [0.25, 0.3) is 0 Å². The molecule has 3 heteroatoms. The highest BCUT2D eigenvalue weighted by Gasteiger charge is 2.11. The number of nitrogens with zero attached hydrogens (tertiary/aromatic N) is 1. The molecule has 0 aliphatic rings. The Kier molecular flexibility index (Phi) is 5.59. The van der Waals surface area contributed by atoms with E-state index < -0.39 is 0 Å². The number of hydrogen-bond donors (Lipinski definition) is 0. The van der Waals surface area contributed by atoms with E-state index in [9.17, 15) is 4.79 Å². The molecule has 0 radical (unpaired) electrons. The molecular formula is C19H23NO2. The zero-order chi connectivity index (χ0) is 15.9. The lowest BCUT2D eigenvalue weighted by Crippen LogP contribution is -2.32. The second-order valence-corrected chi connectivity index (χ2v) is 5.53. The summed E-state index contributed by atoms with van der Waals surface area (Å²) in [5.74, 6) is 0.991. The van der Waals surface area contributed by atoms with E-state index in [0.29, 0.717) is 19.6 Å². The molecule has 3 nitrogen and oxygen atoms in total. The van der Waals surface area contributed by atoms with Gasteiger partial charge >= 0.3 is 0 Å². The maximum absolute atomic E-state index is 12.2. The van der Waals surface area contributed by atoms with Crippen LogP contribution >= 0.6 is 0 Å². The number of hydrogen-bond acceptors (Lipinski definition) is 2. The molecule has 0 N–H and O–H groups in total. The topological polar surface area (TPSA) is 29.5 Å². The molecule has 1 amide bonds. The molecule has 22 heavy (non-hydrogen) atoms. The predicted octanol–water partition coefficient (Wildman–Crippen LogP) is 3.38. The third-order valence-electron chi connectivity index (χ3n) is 3.81. The summed E-state index contributed by atoms with van der Waals surface area (Å²) < 4.78 is 5.74. The fraction of sp³-hybridized carbons (Fsp3) is 0.316. The Morgan fingerprint density at radius 3 is 2.32 bits per heavy atom. The van der Waals surface area contributed by atoms with Gasteiger partial charge in [0.05, 0.1) is 13.0 Å². The zero-order valence-electron chi connectivity index (χ0n) is 13.5. The second kappa shape index (κ2) is 7.64. The summed E-state index contributed by atoms with van der Waals surface area (Å²) in [7, 11) is 1.82. The average Bonchev–Trinajstić information content (AvgIpc) is 2.51. The lowest BCUT2D eigenvalue weighted by Gasteiger charge is -2.18. The molecular weight excluding hydrogens is 274 g/mol. The van der Waals surface area contributed by atoms with Crippen LogP contribution in [0.25, 0.3) is 0 Å². The van der Waals surface area contributed by atoms with Crippen molar-refractivity contribution in [3.05, 3.63) is 65.2 Å². The molecule has 2 aromatic rings. The van der Waals surface area contributed by atoms with Gasteiger partial charge in [-0.15, -0.1) is 0 Å². The maximum Gasteiger partial charge on any atom is 0.226 e. The quantitative estimate of drug-likeness (QED) is 0.818. The minimum Gasteiger partial charge on any atom is -0.491 e. The van der Waals surface area contributed by atoms with Crippen LogP contribution in [-0.4, -0.2) is 31.0 Å². The molecule has 0 saturated heterocycles. The van der Waals surface area contributed by atoms with Crippen molar-refractivity contribution in [2.45, 2.75) is 20.3 Å². The summed E-state index contributed by atoms with van der Waals surface area (Å²) >= 11 is 0. The van der Waals surface area contributed by atoms with Gasteiger partial charge in [-0.3, -0.25) is 4.79 Å². The van der Waals surface area contributed by atoms with Crippen molar-refractivity contribution in [3.63, 3.8) is 0 Å². The molecule has 0 aromatic heterocycles. The van der Waals surface area contributed by atoms with Gasteiger partial charge in [-0.25, -0.2) is 0 Å². The van der Waals surface area contributed by atoms with Crippen molar-refractivity contribution in [3.8, 4) is 5.75 Å². The third-order valence-corrected chi connectivity index (χ3v) is 3.81. The largest absolute Gasteiger partial charge is 0.491 e. The molecule has 0 saturated carbocycles. The van der Waals surface area contributed by atoms with Crippen molar-refractivity contribution in [1.82, 2.24) is 4.90 Å². The van der Waals surface area contributed by atoms with Gasteiger partial charge in [0.1, 0.15) is 12.4 Å². The zero-order valence-corrected chi connectivity index (χ0v) is 13.5. The molecule has 0 aliphatic carbocycles. The van der Waals surface area contributed by atoms with E-state index in [2.05, 4.69) is 0 Å². The van der Waals surface area contributed by atoms with Crippen molar-refractivity contribution < 1.29 is 9.53 Å². The number of carbonyl (C=O) groups excluding carboxylic acids is 1. The first-order valence-corrected chi connectivity index (χ1v) is 7.55. The number of aryl methyl sites for hydroxylation is 2. The highest BCUT2D eigenvalue weighted by atomic mass is 16.5. The smallest absolute Gasteiger partial charge is 0.226 e. The minimum atomic E-state index is 0.114. The van der Waals surface area contributed by atoms with E-state index in [1.54, 1.807) is 4.90 Å². The maximum atomic E-state index is 12.2. The number of amides is 1. The summed E-state index contributed by atoms with van der Waals surface area (Å²) in [5, 5.41) is 0. The first-order valence-electron chi connectivity index (χ1n) is 7.55. The van der Waals surface area contributed by atoms with Gasteiger partial charge in [0.15, 0.2) is 0 Å². The number of ether oxygens (including phenoxy) is 1. The lowest BCUT2D eigenvalue weighted by atomic mass is 10.1. The van der Waals surface area contributed by atoms with Gasteiger partial charge < -0.3 is 9.64 Å². The van der Waals surface area contributed by atoms with Gasteiger partial charge in [-0.1, -0.05) is 42.5 Å². The Morgan fingerprint density at radius 1 is 1.00 bits per heavy atom. The van der Waals surface area contributed by atoms with Crippen LogP contribution in [0.3, 0.4) is 0 Å². The van der Waals surface area contributed by atoms with Crippen molar-refractivity contribution in [1.29, 1.82) is 0 Å². The number of rotatable bonds is 6. The van der Waals surface area contributed by atoms with E-state index in [4.69, 9.17) is 4.74 Å². The summed E-state index contributed by atoms with van der Waals surface area (Å²) in [4.78, 5) is 14.0. The first kappa shape index (κ1) is 16.1. The summed E-state index contributed by atoms with van der Waals surface area (Å²) in [6, 6.07) is 15.9. The monoisotopic (exact) mass is 297 g/mol. The van der Waals surface area contributed by atoms with Gasteiger partial charge in [0.2, 0.25) is 5.91 Å². The Labute approximate surface area is 132 Å². The molecule has 0 heterocycles. The molecule has 0 spiro atoms. The standard InChI is InChI=1S/C19H23NO2/c1-15-8-4-6-10-17(15)14-19(21)20(3)12-13-22-18-11-7-5-9-16(18)2/h4-11H,12-14H2,1-3H3. The van der Waals surface area contributed by atoms with E-state index in [0.717, 1.165) is 22.4 Å². The Hall–Kier alpha value is -2.29. The van der Waals surface area contributed by atoms with Crippen LogP contribution in [0.1, 0.15) is 16.7 Å². The Morgan fingerprint density at radius 2 is 1.64 bits per heavy atom. The third kappa shape index (κ3) is 4.35. The summed E-state index contributed by atoms with van der Waals surface area (Å²) in [6.45, 7) is 5.13. The van der Waals surface area contributed by atoms with Crippen molar-refractivity contribution in [2.75, 3.05) is 20.2 Å². The van der Waals surface area contributed by atoms with Gasteiger partial charge in [-0.05, 0) is 36.6 Å². The van der Waals surface area contributed by atoms with Crippen LogP contribution in [0, 0.1) is 13.8 Å². The molecule has 0 fully saturated rings. The first-order chi connectivity index (χ1) is 10.6. The van der Waals surface area contributed by atoms with Crippen LogP contribution in [0.15, 0.2) is 48.5 Å². The highest BCUT2D eigenvalue weighted by molar-refractivity contribution is 5.78. The molecule has 0 aliphatic heterocycles. The van der Waals surface area contributed by atoms with Crippen LogP contribution in [0.2, 0.25) is 0 Å². The molecule has 2 rings (SSSR count). The SMILES string of the molecule is Cc1ccccc1CC(=O)N(C)CCOc1ccccc1C. The van der Waals surface area contributed by atoms with Crippen molar-refractivity contribution in [2.24, 2.45) is 0 Å².